The summed E-state index contributed by atoms with van der Waals surface area (Å²) in [6, 6.07) is 2.45. The summed E-state index contributed by atoms with van der Waals surface area (Å²) in [5.41, 5.74) is 5.49. The van der Waals surface area contributed by atoms with Gasteiger partial charge in [0.15, 0.2) is 11.6 Å². The van der Waals surface area contributed by atoms with E-state index in [1.807, 2.05) is 0 Å². The first kappa shape index (κ1) is 13.1. The summed E-state index contributed by atoms with van der Waals surface area (Å²) in [5.74, 6) is -1.25. The maximum atomic E-state index is 13.9. The van der Waals surface area contributed by atoms with Crippen molar-refractivity contribution in [3.8, 4) is 0 Å². The first-order valence-corrected chi connectivity index (χ1v) is 6.25. The Labute approximate surface area is 105 Å². The standard InChI is InChI=1S/C13H18F2N2O/c14-11-7-9(16)8-12(15)13(11)17(5-2-6-18)10-3-1-4-10/h7-8,10,18H,1-6,16H2. The highest BCUT2D eigenvalue weighted by molar-refractivity contribution is 5.56. The van der Waals surface area contributed by atoms with Gasteiger partial charge in [-0.1, -0.05) is 0 Å². The van der Waals surface area contributed by atoms with E-state index in [1.54, 1.807) is 4.90 Å². The average Bonchev–Trinajstić information content (AvgIpc) is 2.21. The number of anilines is 2. The minimum atomic E-state index is -0.627. The third-order valence-electron chi connectivity index (χ3n) is 3.40. The molecular weight excluding hydrogens is 238 g/mol. The Balaban J connectivity index is 2.28. The highest BCUT2D eigenvalue weighted by Gasteiger charge is 2.28. The van der Waals surface area contributed by atoms with Crippen LogP contribution in [-0.4, -0.2) is 24.3 Å². The minimum Gasteiger partial charge on any atom is -0.399 e. The van der Waals surface area contributed by atoms with Crippen molar-refractivity contribution in [2.75, 3.05) is 23.8 Å². The fourth-order valence-corrected chi connectivity index (χ4v) is 2.28. The van der Waals surface area contributed by atoms with E-state index >= 15 is 0 Å². The summed E-state index contributed by atoms with van der Waals surface area (Å²) < 4.78 is 27.8. The average molecular weight is 256 g/mol. The van der Waals surface area contributed by atoms with Crippen molar-refractivity contribution in [1.29, 1.82) is 0 Å². The zero-order valence-corrected chi connectivity index (χ0v) is 10.2. The molecule has 0 atom stereocenters. The Kier molecular flexibility index (Phi) is 4.01. The van der Waals surface area contributed by atoms with Crippen LogP contribution in [0.3, 0.4) is 0 Å². The van der Waals surface area contributed by atoms with E-state index in [1.165, 1.54) is 0 Å². The molecule has 1 aliphatic carbocycles. The van der Waals surface area contributed by atoms with Crippen molar-refractivity contribution >= 4 is 11.4 Å². The molecule has 1 aliphatic rings. The minimum absolute atomic E-state index is 0.0117. The molecule has 0 spiro atoms. The first-order chi connectivity index (χ1) is 8.63. The van der Waals surface area contributed by atoms with Gasteiger partial charge in [-0.2, -0.15) is 0 Å². The molecule has 3 N–H and O–H groups in total. The number of rotatable bonds is 5. The molecule has 0 bridgehead atoms. The van der Waals surface area contributed by atoms with Crippen LogP contribution in [0.25, 0.3) is 0 Å². The zero-order chi connectivity index (χ0) is 13.1. The van der Waals surface area contributed by atoms with Gasteiger partial charge in [0, 0.05) is 24.9 Å². The molecule has 0 unspecified atom stereocenters. The Morgan fingerprint density at radius 3 is 2.33 bits per heavy atom. The van der Waals surface area contributed by atoms with Gasteiger partial charge in [-0.25, -0.2) is 8.78 Å². The van der Waals surface area contributed by atoms with E-state index in [2.05, 4.69) is 0 Å². The molecule has 0 heterocycles. The van der Waals surface area contributed by atoms with Gasteiger partial charge in [-0.05, 0) is 37.8 Å². The molecule has 5 heteroatoms. The number of aliphatic hydroxyl groups is 1. The lowest BCUT2D eigenvalue weighted by Crippen LogP contribution is -2.42. The molecule has 0 aromatic heterocycles. The van der Waals surface area contributed by atoms with Crippen LogP contribution in [0, 0.1) is 11.6 Å². The quantitative estimate of drug-likeness (QED) is 0.795. The van der Waals surface area contributed by atoms with Crippen molar-refractivity contribution < 1.29 is 13.9 Å². The van der Waals surface area contributed by atoms with Crippen LogP contribution in [0.15, 0.2) is 12.1 Å². The van der Waals surface area contributed by atoms with E-state index in [-0.39, 0.29) is 24.0 Å². The molecule has 1 fully saturated rings. The molecule has 1 aromatic carbocycles. The molecule has 0 amide bonds. The number of hydrogen-bond donors (Lipinski definition) is 2. The van der Waals surface area contributed by atoms with Crippen LogP contribution in [0.2, 0.25) is 0 Å². The van der Waals surface area contributed by atoms with E-state index in [0.717, 1.165) is 31.4 Å². The van der Waals surface area contributed by atoms with Crippen molar-refractivity contribution in [2.24, 2.45) is 0 Å². The summed E-state index contributed by atoms with van der Waals surface area (Å²) in [7, 11) is 0. The largest absolute Gasteiger partial charge is 0.399 e. The van der Waals surface area contributed by atoms with Crippen LogP contribution >= 0.6 is 0 Å². The number of hydrogen-bond acceptors (Lipinski definition) is 3. The van der Waals surface area contributed by atoms with Crippen molar-refractivity contribution in [3.63, 3.8) is 0 Å². The Bertz CT molecular complexity index is 398. The fourth-order valence-electron chi connectivity index (χ4n) is 2.28. The first-order valence-electron chi connectivity index (χ1n) is 6.25. The maximum absolute atomic E-state index is 13.9. The number of nitrogen functional groups attached to an aromatic ring is 1. The molecule has 2 rings (SSSR count). The van der Waals surface area contributed by atoms with Crippen molar-refractivity contribution in [3.05, 3.63) is 23.8 Å². The summed E-state index contributed by atoms with van der Waals surface area (Å²) in [5, 5.41) is 8.88. The monoisotopic (exact) mass is 256 g/mol. The van der Waals surface area contributed by atoms with E-state index < -0.39 is 11.6 Å². The van der Waals surface area contributed by atoms with Gasteiger partial charge in [-0.3, -0.25) is 0 Å². The van der Waals surface area contributed by atoms with Gasteiger partial charge < -0.3 is 15.7 Å². The predicted molar refractivity (Wildman–Crippen MR) is 67.5 cm³/mol. The normalized spacial score (nSPS) is 15.5. The number of nitrogens with two attached hydrogens (primary N) is 1. The highest BCUT2D eigenvalue weighted by Crippen LogP contribution is 2.34. The van der Waals surface area contributed by atoms with E-state index in [9.17, 15) is 8.78 Å². The topological polar surface area (TPSA) is 49.5 Å². The lowest BCUT2D eigenvalue weighted by atomic mass is 9.90. The second-order valence-electron chi connectivity index (χ2n) is 4.69. The predicted octanol–water partition coefficient (Wildman–Crippen LogP) is 2.29. The van der Waals surface area contributed by atoms with Gasteiger partial charge in [-0.15, -0.1) is 0 Å². The molecule has 0 saturated heterocycles. The number of halogens is 2. The number of benzene rings is 1. The van der Waals surface area contributed by atoms with Gasteiger partial charge in [0.05, 0.1) is 0 Å². The van der Waals surface area contributed by atoms with Crippen LogP contribution < -0.4 is 10.6 Å². The van der Waals surface area contributed by atoms with Gasteiger partial charge in [0.2, 0.25) is 0 Å². The van der Waals surface area contributed by atoms with Crippen LogP contribution in [0.1, 0.15) is 25.7 Å². The summed E-state index contributed by atoms with van der Waals surface area (Å²) in [4.78, 5) is 1.73. The van der Waals surface area contributed by atoms with Crippen molar-refractivity contribution in [1.82, 2.24) is 0 Å². The van der Waals surface area contributed by atoms with Crippen LogP contribution in [0.5, 0.6) is 0 Å². The van der Waals surface area contributed by atoms with Gasteiger partial charge in [0.1, 0.15) is 5.69 Å². The Morgan fingerprint density at radius 2 is 1.89 bits per heavy atom. The summed E-state index contributed by atoms with van der Waals surface area (Å²) in [6.45, 7) is 0.473. The molecular formula is C13H18F2N2O. The maximum Gasteiger partial charge on any atom is 0.151 e. The SMILES string of the molecule is Nc1cc(F)c(N(CCCO)C2CCC2)c(F)c1. The van der Waals surface area contributed by atoms with Crippen LogP contribution in [-0.2, 0) is 0 Å². The number of nitrogens with zero attached hydrogens (tertiary/aromatic N) is 1. The third kappa shape index (κ3) is 2.56. The molecule has 18 heavy (non-hydrogen) atoms. The highest BCUT2D eigenvalue weighted by atomic mass is 19.1. The number of aliphatic hydroxyl groups excluding tert-OH is 1. The van der Waals surface area contributed by atoms with E-state index in [0.29, 0.717) is 13.0 Å². The van der Waals surface area contributed by atoms with Gasteiger partial charge >= 0.3 is 0 Å². The zero-order valence-electron chi connectivity index (χ0n) is 10.2. The molecule has 1 saturated carbocycles. The molecule has 0 radical (unpaired) electrons. The lowest BCUT2D eigenvalue weighted by Gasteiger charge is -2.39. The van der Waals surface area contributed by atoms with Crippen LogP contribution in [0.4, 0.5) is 20.2 Å². The molecule has 1 aromatic rings. The van der Waals surface area contributed by atoms with Gasteiger partial charge in [0.25, 0.3) is 0 Å². The molecule has 3 nitrogen and oxygen atoms in total. The smallest absolute Gasteiger partial charge is 0.151 e. The fraction of sp³-hybridized carbons (Fsp3) is 0.538. The summed E-state index contributed by atoms with van der Waals surface area (Å²) >= 11 is 0. The van der Waals surface area contributed by atoms with E-state index in [4.69, 9.17) is 10.8 Å². The molecule has 100 valence electrons. The second-order valence-corrected chi connectivity index (χ2v) is 4.69. The lowest BCUT2D eigenvalue weighted by molar-refractivity contribution is 0.282. The Hall–Kier alpha value is -1.36. The summed E-state index contributed by atoms with van der Waals surface area (Å²) in [6.07, 6.45) is 3.46. The van der Waals surface area contributed by atoms with Crippen molar-refractivity contribution in [2.45, 2.75) is 31.7 Å². The second kappa shape index (κ2) is 5.52. The third-order valence-corrected chi connectivity index (χ3v) is 3.40. The molecule has 0 aliphatic heterocycles. The Morgan fingerprint density at radius 1 is 1.28 bits per heavy atom.